The van der Waals surface area contributed by atoms with Gasteiger partial charge in [0, 0.05) is 0 Å². The summed E-state index contributed by atoms with van der Waals surface area (Å²) >= 11 is 0. The van der Waals surface area contributed by atoms with Crippen molar-refractivity contribution in [3.8, 4) is 0 Å². The maximum Gasteiger partial charge on any atom is 0.322 e. The van der Waals surface area contributed by atoms with Gasteiger partial charge >= 0.3 is 5.97 Å². The molecule has 0 saturated heterocycles. The predicted molar refractivity (Wildman–Crippen MR) is 48.7 cm³/mol. The van der Waals surface area contributed by atoms with Crippen LogP contribution in [0.3, 0.4) is 0 Å². The van der Waals surface area contributed by atoms with Crippen molar-refractivity contribution < 1.29 is 9.53 Å². The van der Waals surface area contributed by atoms with Crippen LogP contribution in [0, 0.1) is 5.92 Å². The molecule has 0 rings (SSSR count). The third kappa shape index (κ3) is 5.13. The van der Waals surface area contributed by atoms with Crippen molar-refractivity contribution in [2.24, 2.45) is 11.7 Å². The maximum atomic E-state index is 10.9. The zero-order valence-electron chi connectivity index (χ0n) is 8.17. The van der Waals surface area contributed by atoms with Crippen LogP contribution < -0.4 is 5.73 Å². The van der Waals surface area contributed by atoms with E-state index in [2.05, 4.69) is 13.8 Å². The Morgan fingerprint density at radius 2 is 2.08 bits per heavy atom. The SMILES string of the molecule is CCCC(C)COC(=O)[C@@H](C)N. The number of hydrogen-bond donors (Lipinski definition) is 1. The Hall–Kier alpha value is -0.570. The first-order chi connectivity index (χ1) is 5.57. The summed E-state index contributed by atoms with van der Waals surface area (Å²) in [5.41, 5.74) is 5.32. The Kier molecular flexibility index (Phi) is 5.72. The number of esters is 1. The van der Waals surface area contributed by atoms with E-state index in [9.17, 15) is 4.79 Å². The molecule has 2 N–H and O–H groups in total. The van der Waals surface area contributed by atoms with E-state index in [0.29, 0.717) is 12.5 Å². The lowest BCUT2D eigenvalue weighted by atomic mass is 10.1. The molecule has 0 spiro atoms. The second kappa shape index (κ2) is 6.00. The first-order valence-corrected chi connectivity index (χ1v) is 4.50. The van der Waals surface area contributed by atoms with E-state index in [1.807, 2.05) is 0 Å². The molecule has 0 bridgehead atoms. The molecule has 3 heteroatoms. The summed E-state index contributed by atoms with van der Waals surface area (Å²) in [5, 5.41) is 0. The Bertz CT molecular complexity index is 134. The zero-order valence-corrected chi connectivity index (χ0v) is 8.17. The zero-order chi connectivity index (χ0) is 9.56. The topological polar surface area (TPSA) is 52.3 Å². The van der Waals surface area contributed by atoms with Crippen LogP contribution in [0.5, 0.6) is 0 Å². The largest absolute Gasteiger partial charge is 0.464 e. The highest BCUT2D eigenvalue weighted by atomic mass is 16.5. The summed E-state index contributed by atoms with van der Waals surface area (Å²) in [6, 6.07) is -0.501. The molecule has 0 aliphatic carbocycles. The minimum atomic E-state index is -0.501. The third-order valence-corrected chi connectivity index (χ3v) is 1.66. The molecule has 72 valence electrons. The summed E-state index contributed by atoms with van der Waals surface area (Å²) in [6.45, 7) is 6.31. The van der Waals surface area contributed by atoms with Gasteiger partial charge in [-0.1, -0.05) is 20.3 Å². The van der Waals surface area contributed by atoms with Crippen molar-refractivity contribution in [2.45, 2.75) is 39.7 Å². The lowest BCUT2D eigenvalue weighted by Gasteiger charge is -2.11. The number of carbonyl (C=O) groups excluding carboxylic acids is 1. The fraction of sp³-hybridized carbons (Fsp3) is 0.889. The highest BCUT2D eigenvalue weighted by molar-refractivity contribution is 5.74. The molecule has 0 amide bonds. The van der Waals surface area contributed by atoms with Crippen LogP contribution in [0.15, 0.2) is 0 Å². The van der Waals surface area contributed by atoms with Crippen molar-refractivity contribution in [1.29, 1.82) is 0 Å². The second-order valence-corrected chi connectivity index (χ2v) is 3.31. The average Bonchev–Trinajstić information content (AvgIpc) is 2.00. The lowest BCUT2D eigenvalue weighted by Crippen LogP contribution is -2.29. The van der Waals surface area contributed by atoms with Gasteiger partial charge < -0.3 is 10.5 Å². The molecule has 0 aliphatic heterocycles. The molecule has 0 fully saturated rings. The van der Waals surface area contributed by atoms with E-state index < -0.39 is 6.04 Å². The maximum absolute atomic E-state index is 10.9. The average molecular weight is 173 g/mol. The molecule has 3 nitrogen and oxygen atoms in total. The molecule has 0 aromatic carbocycles. The van der Waals surface area contributed by atoms with Gasteiger partial charge in [0.2, 0.25) is 0 Å². The Morgan fingerprint density at radius 3 is 2.50 bits per heavy atom. The van der Waals surface area contributed by atoms with Crippen molar-refractivity contribution in [1.82, 2.24) is 0 Å². The van der Waals surface area contributed by atoms with Crippen molar-refractivity contribution in [2.75, 3.05) is 6.61 Å². The van der Waals surface area contributed by atoms with Gasteiger partial charge in [0.1, 0.15) is 6.04 Å². The van der Waals surface area contributed by atoms with Gasteiger partial charge in [-0.2, -0.15) is 0 Å². The van der Waals surface area contributed by atoms with Gasteiger partial charge in [-0.15, -0.1) is 0 Å². The van der Waals surface area contributed by atoms with Crippen LogP contribution in [0.4, 0.5) is 0 Å². The first-order valence-electron chi connectivity index (χ1n) is 4.50. The monoisotopic (exact) mass is 173 g/mol. The van der Waals surface area contributed by atoms with Gasteiger partial charge in [0.05, 0.1) is 6.61 Å². The van der Waals surface area contributed by atoms with Crippen LogP contribution >= 0.6 is 0 Å². The fourth-order valence-corrected chi connectivity index (χ4v) is 0.932. The van der Waals surface area contributed by atoms with Crippen LogP contribution in [0.2, 0.25) is 0 Å². The molecule has 12 heavy (non-hydrogen) atoms. The Balaban J connectivity index is 3.47. The third-order valence-electron chi connectivity index (χ3n) is 1.66. The standard InChI is InChI=1S/C9H19NO2/c1-4-5-7(2)6-12-9(11)8(3)10/h7-8H,4-6,10H2,1-3H3/t7?,8-/m1/s1. The molecule has 0 heterocycles. The molecular weight excluding hydrogens is 154 g/mol. The molecule has 0 aromatic rings. The van der Waals surface area contributed by atoms with Crippen LogP contribution in [-0.2, 0) is 9.53 Å². The van der Waals surface area contributed by atoms with Crippen LogP contribution in [0.1, 0.15) is 33.6 Å². The number of nitrogens with two attached hydrogens (primary N) is 1. The molecule has 0 aliphatic rings. The van der Waals surface area contributed by atoms with Gasteiger partial charge in [-0.25, -0.2) is 0 Å². The van der Waals surface area contributed by atoms with Gasteiger partial charge in [-0.3, -0.25) is 4.79 Å². The first kappa shape index (κ1) is 11.4. The van der Waals surface area contributed by atoms with Crippen LogP contribution in [-0.4, -0.2) is 18.6 Å². The highest BCUT2D eigenvalue weighted by Crippen LogP contribution is 2.05. The summed E-state index contributed by atoms with van der Waals surface area (Å²) in [6.07, 6.45) is 2.21. The summed E-state index contributed by atoms with van der Waals surface area (Å²) in [5.74, 6) is 0.135. The van der Waals surface area contributed by atoms with Crippen molar-refractivity contribution >= 4 is 5.97 Å². The second-order valence-electron chi connectivity index (χ2n) is 3.31. The molecule has 1 unspecified atom stereocenters. The van der Waals surface area contributed by atoms with E-state index in [0.717, 1.165) is 12.8 Å². The quantitative estimate of drug-likeness (QED) is 0.638. The van der Waals surface area contributed by atoms with E-state index in [1.54, 1.807) is 6.92 Å². The number of hydrogen-bond acceptors (Lipinski definition) is 3. The van der Waals surface area contributed by atoms with Crippen molar-refractivity contribution in [3.05, 3.63) is 0 Å². The smallest absolute Gasteiger partial charge is 0.322 e. The molecule has 0 saturated carbocycles. The normalized spacial score (nSPS) is 15.3. The number of ether oxygens (including phenoxy) is 1. The lowest BCUT2D eigenvalue weighted by molar-refractivity contribution is -0.146. The van der Waals surface area contributed by atoms with E-state index in [-0.39, 0.29) is 5.97 Å². The Morgan fingerprint density at radius 1 is 1.50 bits per heavy atom. The van der Waals surface area contributed by atoms with E-state index >= 15 is 0 Å². The van der Waals surface area contributed by atoms with Crippen LogP contribution in [0.25, 0.3) is 0 Å². The van der Waals surface area contributed by atoms with Gasteiger partial charge in [-0.05, 0) is 19.3 Å². The fourth-order valence-electron chi connectivity index (χ4n) is 0.932. The molecular formula is C9H19NO2. The molecule has 0 aromatic heterocycles. The predicted octanol–water partition coefficient (Wildman–Crippen LogP) is 1.31. The van der Waals surface area contributed by atoms with Gasteiger partial charge in [0.25, 0.3) is 0 Å². The minimum Gasteiger partial charge on any atom is -0.464 e. The molecule has 0 radical (unpaired) electrons. The minimum absolute atomic E-state index is 0.307. The summed E-state index contributed by atoms with van der Waals surface area (Å²) < 4.78 is 4.95. The summed E-state index contributed by atoms with van der Waals surface area (Å²) in [4.78, 5) is 10.9. The number of carbonyl (C=O) groups is 1. The summed E-state index contributed by atoms with van der Waals surface area (Å²) in [7, 11) is 0. The molecule has 2 atom stereocenters. The van der Waals surface area contributed by atoms with Gasteiger partial charge in [0.15, 0.2) is 0 Å². The van der Waals surface area contributed by atoms with E-state index in [1.165, 1.54) is 0 Å². The highest BCUT2D eigenvalue weighted by Gasteiger charge is 2.10. The number of rotatable bonds is 5. The Labute approximate surface area is 74.3 Å². The van der Waals surface area contributed by atoms with E-state index in [4.69, 9.17) is 10.5 Å². The van der Waals surface area contributed by atoms with Crippen molar-refractivity contribution in [3.63, 3.8) is 0 Å².